The number of nitro benzene ring substituents is 2. The Bertz CT molecular complexity index is 1670. The molecule has 0 saturated carbocycles. The molecule has 0 atom stereocenters. The maximum absolute atomic E-state index is 13.3. The molecule has 0 radical (unpaired) electrons. The van der Waals surface area contributed by atoms with Crippen molar-refractivity contribution >= 4 is 80.1 Å². The zero-order valence-electron chi connectivity index (χ0n) is 20.8. The average Bonchev–Trinajstić information content (AvgIpc) is 2.98. The molecule has 0 spiro atoms. The van der Waals surface area contributed by atoms with Gasteiger partial charge >= 0.3 is 11.9 Å². The van der Waals surface area contributed by atoms with Crippen molar-refractivity contribution in [3.05, 3.63) is 146 Å². The summed E-state index contributed by atoms with van der Waals surface area (Å²) in [5.74, 6) is -4.11. The van der Waals surface area contributed by atoms with Crippen LogP contribution in [-0.4, -0.2) is 33.4 Å². The lowest BCUT2D eigenvalue weighted by atomic mass is 9.97. The molecule has 4 aromatic rings. The maximum Gasteiger partial charge on any atom is 0.387 e. The van der Waals surface area contributed by atoms with E-state index in [0.717, 1.165) is 36.4 Å². The lowest BCUT2D eigenvalue weighted by molar-refractivity contribution is -0.385. The molecule has 0 aliphatic carbocycles. The van der Waals surface area contributed by atoms with E-state index < -0.39 is 55.9 Å². The molecule has 0 N–H and O–H groups in total. The smallest absolute Gasteiger partial charge is 0.289 e. The minimum Gasteiger partial charge on any atom is -0.289 e. The molecule has 4 rings (SSSR count). The average molecular weight is 792 g/mol. The standard InChI is InChI=1S/C28H14I2N2O10/c29-23-7-3-1-5-19(23)25(33)21-13-15(31(37)38)9-11-17(21)27(35)41-42-28(36)18-12-10-16(32(39)40)14-22(18)26(34)20-6-2-4-8-24(20)30/h1-14H. The summed E-state index contributed by atoms with van der Waals surface area (Å²) < 4.78 is 1.03. The third-order valence-corrected chi connectivity index (χ3v) is 7.67. The van der Waals surface area contributed by atoms with E-state index in [-0.39, 0.29) is 22.3 Å². The first-order valence-electron chi connectivity index (χ1n) is 11.6. The molecule has 0 aliphatic rings. The van der Waals surface area contributed by atoms with Gasteiger partial charge in [0.05, 0.1) is 21.0 Å². The molecule has 4 aromatic carbocycles. The Kier molecular flexibility index (Phi) is 9.36. The lowest BCUT2D eigenvalue weighted by Gasteiger charge is -2.11. The Labute approximate surface area is 263 Å². The van der Waals surface area contributed by atoms with Crippen LogP contribution in [0.4, 0.5) is 11.4 Å². The Balaban J connectivity index is 1.65. The van der Waals surface area contributed by atoms with Crippen molar-refractivity contribution in [2.75, 3.05) is 0 Å². The van der Waals surface area contributed by atoms with Crippen LogP contribution >= 0.6 is 45.2 Å². The van der Waals surface area contributed by atoms with Gasteiger partial charge in [0, 0.05) is 53.7 Å². The summed E-state index contributed by atoms with van der Waals surface area (Å²) in [7, 11) is 0. The zero-order valence-corrected chi connectivity index (χ0v) is 25.1. The summed E-state index contributed by atoms with van der Waals surface area (Å²) in [6.07, 6.45) is 0. The van der Waals surface area contributed by atoms with Gasteiger partial charge in [-0.15, -0.1) is 0 Å². The van der Waals surface area contributed by atoms with Crippen LogP contribution in [0.2, 0.25) is 0 Å². The number of non-ortho nitro benzene ring substituents is 2. The van der Waals surface area contributed by atoms with Gasteiger partial charge in [0.25, 0.3) is 11.4 Å². The molecule has 0 heterocycles. The summed E-state index contributed by atoms with van der Waals surface area (Å²) in [6.45, 7) is 0. The van der Waals surface area contributed by atoms with Crippen LogP contribution in [0.15, 0.2) is 84.9 Å². The van der Waals surface area contributed by atoms with Gasteiger partial charge in [-0.25, -0.2) is 19.4 Å². The Morgan fingerprint density at radius 1 is 0.524 bits per heavy atom. The monoisotopic (exact) mass is 792 g/mol. The number of rotatable bonds is 8. The fourth-order valence-electron chi connectivity index (χ4n) is 3.77. The Morgan fingerprint density at radius 2 is 0.881 bits per heavy atom. The Hall–Kier alpha value is -4.58. The second-order valence-corrected chi connectivity index (χ2v) is 10.7. The number of carbonyl (C=O) groups is 4. The third kappa shape index (κ3) is 6.49. The van der Waals surface area contributed by atoms with Gasteiger partial charge in [-0.3, -0.25) is 29.8 Å². The van der Waals surface area contributed by atoms with Gasteiger partial charge in [-0.1, -0.05) is 24.3 Å². The molecule has 0 fully saturated rings. The third-order valence-electron chi connectivity index (χ3n) is 5.79. The van der Waals surface area contributed by atoms with Crippen molar-refractivity contribution in [3.8, 4) is 0 Å². The van der Waals surface area contributed by atoms with Gasteiger partial charge in [0.15, 0.2) is 11.6 Å². The fourth-order valence-corrected chi connectivity index (χ4v) is 5.03. The van der Waals surface area contributed by atoms with Crippen LogP contribution < -0.4 is 0 Å². The Morgan fingerprint density at radius 3 is 1.21 bits per heavy atom. The SMILES string of the molecule is O=C(OOC(=O)c1ccc([N+](=O)[O-])cc1C(=O)c1ccccc1I)c1ccc([N+](=O)[O-])cc1C(=O)c1ccccc1I. The minimum absolute atomic E-state index is 0.161. The van der Waals surface area contributed by atoms with Gasteiger partial charge < -0.3 is 0 Å². The van der Waals surface area contributed by atoms with E-state index in [9.17, 15) is 39.4 Å². The van der Waals surface area contributed by atoms with E-state index in [4.69, 9.17) is 0 Å². The van der Waals surface area contributed by atoms with E-state index in [1.165, 1.54) is 12.1 Å². The largest absolute Gasteiger partial charge is 0.387 e. The molecular formula is C28H14I2N2O10. The molecule has 0 unspecified atom stereocenters. The molecule has 0 bridgehead atoms. The van der Waals surface area contributed by atoms with Crippen molar-refractivity contribution < 1.29 is 38.8 Å². The molecule has 12 nitrogen and oxygen atoms in total. The summed E-state index contributed by atoms with van der Waals surface area (Å²) >= 11 is 3.79. The first-order valence-corrected chi connectivity index (χ1v) is 13.7. The van der Waals surface area contributed by atoms with Crippen LogP contribution in [0.3, 0.4) is 0 Å². The number of hydrogen-bond donors (Lipinski definition) is 0. The number of hydrogen-bond acceptors (Lipinski definition) is 10. The number of benzene rings is 4. The number of nitrogens with zero attached hydrogens (tertiary/aromatic N) is 2. The molecule has 14 heteroatoms. The van der Waals surface area contributed by atoms with Crippen LogP contribution in [-0.2, 0) is 9.78 Å². The summed E-state index contributed by atoms with van der Waals surface area (Å²) in [5, 5.41) is 22.7. The predicted molar refractivity (Wildman–Crippen MR) is 162 cm³/mol. The number of carbonyl (C=O) groups excluding carboxylic acids is 4. The fraction of sp³-hybridized carbons (Fsp3) is 0. The second-order valence-electron chi connectivity index (χ2n) is 8.33. The van der Waals surface area contributed by atoms with Crippen molar-refractivity contribution in [1.82, 2.24) is 0 Å². The van der Waals surface area contributed by atoms with E-state index in [2.05, 4.69) is 9.78 Å². The quantitative estimate of drug-likeness (QED) is 0.0667. The molecule has 0 aromatic heterocycles. The van der Waals surface area contributed by atoms with E-state index in [1.54, 1.807) is 36.4 Å². The first kappa shape index (κ1) is 30.4. The predicted octanol–water partition coefficient (Wildman–Crippen LogP) is 6.10. The number of nitro groups is 2. The highest BCUT2D eigenvalue weighted by Crippen LogP contribution is 2.26. The van der Waals surface area contributed by atoms with Crippen LogP contribution in [0.5, 0.6) is 0 Å². The molecule has 210 valence electrons. The van der Waals surface area contributed by atoms with Crippen LogP contribution in [0, 0.1) is 27.4 Å². The maximum atomic E-state index is 13.3. The summed E-state index contributed by atoms with van der Waals surface area (Å²) in [6, 6.07) is 18.4. The van der Waals surface area contributed by atoms with Crippen molar-refractivity contribution in [2.45, 2.75) is 0 Å². The minimum atomic E-state index is -1.33. The van der Waals surface area contributed by atoms with E-state index in [1.807, 2.05) is 45.2 Å². The number of ketones is 2. The van der Waals surface area contributed by atoms with Gasteiger partial charge in [0.2, 0.25) is 0 Å². The highest BCUT2D eigenvalue weighted by Gasteiger charge is 2.28. The topological polar surface area (TPSA) is 173 Å². The van der Waals surface area contributed by atoms with Gasteiger partial charge in [-0.2, -0.15) is 0 Å². The van der Waals surface area contributed by atoms with E-state index in [0.29, 0.717) is 7.14 Å². The van der Waals surface area contributed by atoms with Gasteiger partial charge in [-0.05, 0) is 81.6 Å². The molecule has 0 amide bonds. The van der Waals surface area contributed by atoms with Crippen molar-refractivity contribution in [1.29, 1.82) is 0 Å². The zero-order chi connectivity index (χ0) is 30.6. The summed E-state index contributed by atoms with van der Waals surface area (Å²) in [5.41, 5.74) is -2.24. The van der Waals surface area contributed by atoms with Gasteiger partial charge in [0.1, 0.15) is 0 Å². The normalized spacial score (nSPS) is 10.4. The van der Waals surface area contributed by atoms with E-state index >= 15 is 0 Å². The van der Waals surface area contributed by atoms with Crippen LogP contribution in [0.1, 0.15) is 52.6 Å². The van der Waals surface area contributed by atoms with Crippen molar-refractivity contribution in [2.24, 2.45) is 0 Å². The van der Waals surface area contributed by atoms with Crippen molar-refractivity contribution in [3.63, 3.8) is 0 Å². The lowest BCUT2D eigenvalue weighted by Crippen LogP contribution is -2.18. The highest BCUT2D eigenvalue weighted by molar-refractivity contribution is 14.1. The highest BCUT2D eigenvalue weighted by atomic mass is 127. The van der Waals surface area contributed by atoms with Crippen LogP contribution in [0.25, 0.3) is 0 Å². The molecule has 0 saturated heterocycles. The first-order chi connectivity index (χ1) is 20.0. The summed E-state index contributed by atoms with van der Waals surface area (Å²) in [4.78, 5) is 83.0. The molecule has 0 aliphatic heterocycles. The second kappa shape index (κ2) is 12.9. The molecular weight excluding hydrogens is 778 g/mol. The molecule has 42 heavy (non-hydrogen) atoms. The number of halogens is 2.